The van der Waals surface area contributed by atoms with Crippen LogP contribution in [-0.4, -0.2) is 16.1 Å². The molecule has 1 aromatic carbocycles. The van der Waals surface area contributed by atoms with Gasteiger partial charge in [0.05, 0.1) is 6.10 Å². The van der Waals surface area contributed by atoms with Crippen LogP contribution in [0.3, 0.4) is 0 Å². The minimum Gasteiger partial charge on any atom is -0.387 e. The summed E-state index contributed by atoms with van der Waals surface area (Å²) in [4.78, 5) is 0. The highest BCUT2D eigenvalue weighted by atomic mass is 32.2. The van der Waals surface area contributed by atoms with Crippen LogP contribution in [0, 0.1) is 5.82 Å². The van der Waals surface area contributed by atoms with E-state index in [1.165, 1.54) is 12.1 Å². The van der Waals surface area contributed by atoms with Crippen molar-refractivity contribution in [1.82, 2.24) is 0 Å². The van der Waals surface area contributed by atoms with Gasteiger partial charge in [-0.2, -0.15) is 11.8 Å². The maximum absolute atomic E-state index is 12.7. The highest BCUT2D eigenvalue weighted by Crippen LogP contribution is 2.55. The zero-order chi connectivity index (χ0) is 10.2. The lowest BCUT2D eigenvalue weighted by Gasteiger charge is -2.20. The fraction of sp³-hybridized carbons (Fsp3) is 0.455. The summed E-state index contributed by atoms with van der Waals surface area (Å²) in [6, 6.07) is 6.12. The molecule has 14 heavy (non-hydrogen) atoms. The largest absolute Gasteiger partial charge is 0.387 e. The van der Waals surface area contributed by atoms with E-state index in [9.17, 15) is 9.50 Å². The molecule has 1 aliphatic rings. The van der Waals surface area contributed by atoms with Crippen molar-refractivity contribution in [3.8, 4) is 0 Å². The van der Waals surface area contributed by atoms with E-state index >= 15 is 0 Å². The SMILES string of the molecule is CSC1(C(O)c2ccc(F)cc2)CC1. The molecule has 0 heterocycles. The maximum Gasteiger partial charge on any atom is 0.123 e. The second kappa shape index (κ2) is 3.55. The van der Waals surface area contributed by atoms with E-state index in [1.54, 1.807) is 23.9 Å². The second-order valence-corrected chi connectivity index (χ2v) is 4.94. The highest BCUT2D eigenvalue weighted by molar-refractivity contribution is 8.00. The Morgan fingerprint density at radius 2 is 1.93 bits per heavy atom. The molecule has 1 aliphatic carbocycles. The molecule has 1 nitrogen and oxygen atoms in total. The van der Waals surface area contributed by atoms with Crippen LogP contribution in [0.25, 0.3) is 0 Å². The number of hydrogen-bond acceptors (Lipinski definition) is 2. The monoisotopic (exact) mass is 212 g/mol. The number of thioether (sulfide) groups is 1. The van der Waals surface area contributed by atoms with Gasteiger partial charge in [-0.25, -0.2) is 4.39 Å². The van der Waals surface area contributed by atoms with Crippen LogP contribution < -0.4 is 0 Å². The van der Waals surface area contributed by atoms with Gasteiger partial charge in [-0.3, -0.25) is 0 Å². The molecule has 0 bridgehead atoms. The molecule has 0 aliphatic heterocycles. The van der Waals surface area contributed by atoms with Gasteiger partial charge in [0, 0.05) is 4.75 Å². The Bertz CT molecular complexity index is 319. The molecule has 1 atom stereocenters. The van der Waals surface area contributed by atoms with Gasteiger partial charge < -0.3 is 5.11 Å². The third kappa shape index (κ3) is 1.66. The van der Waals surface area contributed by atoms with Crippen molar-refractivity contribution >= 4 is 11.8 Å². The molecular formula is C11H13FOS. The van der Waals surface area contributed by atoms with Crippen molar-refractivity contribution in [2.45, 2.75) is 23.7 Å². The van der Waals surface area contributed by atoms with Crippen molar-refractivity contribution in [2.75, 3.05) is 6.26 Å². The molecule has 1 saturated carbocycles. The summed E-state index contributed by atoms with van der Waals surface area (Å²) in [7, 11) is 0. The summed E-state index contributed by atoms with van der Waals surface area (Å²) in [6.45, 7) is 0. The van der Waals surface area contributed by atoms with Crippen molar-refractivity contribution in [3.63, 3.8) is 0 Å². The lowest BCUT2D eigenvalue weighted by molar-refractivity contribution is 0.167. The van der Waals surface area contributed by atoms with E-state index in [-0.39, 0.29) is 10.6 Å². The number of hydrogen-bond donors (Lipinski definition) is 1. The van der Waals surface area contributed by atoms with Gasteiger partial charge in [-0.15, -0.1) is 0 Å². The molecular weight excluding hydrogens is 199 g/mol. The summed E-state index contributed by atoms with van der Waals surface area (Å²) in [5.74, 6) is -0.255. The topological polar surface area (TPSA) is 20.2 Å². The lowest BCUT2D eigenvalue weighted by Crippen LogP contribution is -2.15. The summed E-state index contributed by atoms with van der Waals surface area (Å²) < 4.78 is 12.7. The number of halogens is 1. The molecule has 0 radical (unpaired) electrons. The molecule has 0 spiro atoms. The number of aliphatic hydroxyl groups excluding tert-OH is 1. The zero-order valence-electron chi connectivity index (χ0n) is 8.03. The maximum atomic E-state index is 12.7. The minimum atomic E-state index is -0.460. The van der Waals surface area contributed by atoms with Crippen molar-refractivity contribution in [1.29, 1.82) is 0 Å². The van der Waals surface area contributed by atoms with E-state index in [2.05, 4.69) is 0 Å². The minimum absolute atomic E-state index is 0.00215. The van der Waals surface area contributed by atoms with Crippen LogP contribution in [0.4, 0.5) is 4.39 Å². The number of aliphatic hydroxyl groups is 1. The molecule has 1 aromatic rings. The molecule has 1 fully saturated rings. The molecule has 2 rings (SSSR count). The Labute approximate surface area is 87.3 Å². The van der Waals surface area contributed by atoms with Crippen molar-refractivity contribution in [2.24, 2.45) is 0 Å². The average Bonchev–Trinajstić information content (AvgIpc) is 2.99. The van der Waals surface area contributed by atoms with E-state index in [4.69, 9.17) is 0 Å². The van der Waals surface area contributed by atoms with Gasteiger partial charge in [-0.05, 0) is 36.8 Å². The van der Waals surface area contributed by atoms with Crippen LogP contribution in [-0.2, 0) is 0 Å². The zero-order valence-corrected chi connectivity index (χ0v) is 8.85. The molecule has 1 unspecified atom stereocenters. The van der Waals surface area contributed by atoms with Gasteiger partial charge in [0.15, 0.2) is 0 Å². The van der Waals surface area contributed by atoms with Crippen LogP contribution in [0.2, 0.25) is 0 Å². The molecule has 1 N–H and O–H groups in total. The predicted octanol–water partition coefficient (Wildman–Crippen LogP) is 2.75. The Morgan fingerprint density at radius 1 is 1.36 bits per heavy atom. The van der Waals surface area contributed by atoms with Gasteiger partial charge in [0.1, 0.15) is 5.82 Å². The smallest absolute Gasteiger partial charge is 0.123 e. The van der Waals surface area contributed by atoms with E-state index in [0.29, 0.717) is 0 Å². The molecule has 0 amide bonds. The lowest BCUT2D eigenvalue weighted by atomic mass is 10.1. The van der Waals surface area contributed by atoms with Crippen molar-refractivity contribution < 1.29 is 9.50 Å². The van der Waals surface area contributed by atoms with E-state index < -0.39 is 6.10 Å². The first kappa shape index (κ1) is 9.99. The fourth-order valence-corrected chi connectivity index (χ4v) is 2.53. The van der Waals surface area contributed by atoms with Crippen LogP contribution in [0.5, 0.6) is 0 Å². The summed E-state index contributed by atoms with van der Waals surface area (Å²) in [5.41, 5.74) is 0.818. The Hall–Kier alpha value is -0.540. The molecule has 3 heteroatoms. The molecule has 0 aromatic heterocycles. The fourth-order valence-electron chi connectivity index (χ4n) is 1.66. The predicted molar refractivity (Wildman–Crippen MR) is 56.8 cm³/mol. The van der Waals surface area contributed by atoms with Gasteiger partial charge in [0.2, 0.25) is 0 Å². The van der Waals surface area contributed by atoms with E-state index in [1.807, 2.05) is 6.26 Å². The van der Waals surface area contributed by atoms with Crippen molar-refractivity contribution in [3.05, 3.63) is 35.6 Å². The van der Waals surface area contributed by atoms with Gasteiger partial charge >= 0.3 is 0 Å². The third-order valence-electron chi connectivity index (χ3n) is 2.83. The number of benzene rings is 1. The first-order chi connectivity index (χ1) is 6.68. The summed E-state index contributed by atoms with van der Waals surface area (Å²) in [6.07, 6.45) is 3.65. The Balaban J connectivity index is 2.19. The van der Waals surface area contributed by atoms with Crippen LogP contribution in [0.15, 0.2) is 24.3 Å². The Kier molecular flexibility index (Phi) is 2.54. The Morgan fingerprint density at radius 3 is 2.36 bits per heavy atom. The molecule has 76 valence electrons. The normalized spacial score (nSPS) is 20.5. The second-order valence-electron chi connectivity index (χ2n) is 3.72. The van der Waals surface area contributed by atoms with E-state index in [0.717, 1.165) is 18.4 Å². The standard InChI is InChI=1S/C11H13FOS/c1-14-11(6-7-11)10(13)8-2-4-9(12)5-3-8/h2-5,10,13H,6-7H2,1H3. The third-order valence-corrected chi connectivity index (χ3v) is 4.28. The highest BCUT2D eigenvalue weighted by Gasteiger charge is 2.48. The number of rotatable bonds is 3. The van der Waals surface area contributed by atoms with Crippen LogP contribution in [0.1, 0.15) is 24.5 Å². The first-order valence-corrected chi connectivity index (χ1v) is 5.89. The van der Waals surface area contributed by atoms with Gasteiger partial charge in [0.25, 0.3) is 0 Å². The molecule has 0 saturated heterocycles. The summed E-state index contributed by atoms with van der Waals surface area (Å²) in [5, 5.41) is 10.1. The first-order valence-electron chi connectivity index (χ1n) is 4.67. The van der Waals surface area contributed by atoms with Crippen LogP contribution >= 0.6 is 11.8 Å². The van der Waals surface area contributed by atoms with Gasteiger partial charge in [-0.1, -0.05) is 12.1 Å². The summed E-state index contributed by atoms with van der Waals surface area (Å²) >= 11 is 1.70. The quantitative estimate of drug-likeness (QED) is 0.831. The average molecular weight is 212 g/mol.